The van der Waals surface area contributed by atoms with E-state index in [2.05, 4.69) is 4.98 Å². The number of benzene rings is 2. The molecule has 0 radical (unpaired) electrons. The fourth-order valence-electron chi connectivity index (χ4n) is 3.88. The molecule has 0 atom stereocenters. The minimum Gasteiger partial charge on any atom is -0.484 e. The maximum atomic E-state index is 12.8. The zero-order chi connectivity index (χ0) is 22.9. The van der Waals surface area contributed by atoms with Gasteiger partial charge in [0.1, 0.15) is 5.75 Å². The number of ether oxygens (including phenoxy) is 1. The zero-order valence-electron chi connectivity index (χ0n) is 16.9. The van der Waals surface area contributed by atoms with Crippen LogP contribution in [0, 0.1) is 0 Å². The molecule has 7 nitrogen and oxygen atoms in total. The Morgan fingerprint density at radius 3 is 2.50 bits per heavy atom. The van der Waals surface area contributed by atoms with Gasteiger partial charge in [-0.2, -0.15) is 13.2 Å². The molecule has 0 aliphatic carbocycles. The summed E-state index contributed by atoms with van der Waals surface area (Å²) in [4.78, 5) is 41.9. The number of para-hydroxylation sites is 1. The molecule has 168 valence electrons. The average molecular weight is 447 g/mol. The standard InChI is InChI=1S/C22H20F3N3O4/c23-22(24,25)14-4-3-5-16(12-14)32-13-19(29)27-10-8-15(9-11-27)28-20(30)17-6-1-2-7-18(17)26-21(28)31/h1-7,12,15H,8-11,13H2,(H,26,31). The molecule has 1 fully saturated rings. The number of amides is 1. The Labute approximate surface area is 180 Å². The fraction of sp³-hybridized carbons (Fsp3) is 0.318. The number of likely N-dealkylation sites (tertiary alicyclic amines) is 1. The van der Waals surface area contributed by atoms with Crippen LogP contribution < -0.4 is 16.0 Å². The van der Waals surface area contributed by atoms with E-state index in [9.17, 15) is 27.6 Å². The van der Waals surface area contributed by atoms with Gasteiger partial charge in [0, 0.05) is 19.1 Å². The summed E-state index contributed by atoms with van der Waals surface area (Å²) < 4.78 is 44.8. The van der Waals surface area contributed by atoms with Crippen LogP contribution in [0.15, 0.2) is 58.1 Å². The first kappa shape index (κ1) is 21.7. The normalized spacial score (nSPS) is 15.2. The van der Waals surface area contributed by atoms with Gasteiger partial charge in [-0.25, -0.2) is 4.79 Å². The SMILES string of the molecule is O=C(COc1cccc(C(F)(F)F)c1)N1CCC(n2c(=O)[nH]c3ccccc3c2=O)CC1. The number of nitrogens with zero attached hydrogens (tertiary/aromatic N) is 2. The summed E-state index contributed by atoms with van der Waals surface area (Å²) in [7, 11) is 0. The number of aromatic nitrogens is 2. The second-order valence-electron chi connectivity index (χ2n) is 7.58. The van der Waals surface area contributed by atoms with E-state index in [1.165, 1.54) is 21.6 Å². The van der Waals surface area contributed by atoms with Crippen LogP contribution in [-0.4, -0.2) is 40.1 Å². The smallest absolute Gasteiger partial charge is 0.416 e. The van der Waals surface area contributed by atoms with Gasteiger partial charge in [0.25, 0.3) is 11.5 Å². The van der Waals surface area contributed by atoms with Gasteiger partial charge in [-0.1, -0.05) is 18.2 Å². The van der Waals surface area contributed by atoms with Crippen LogP contribution in [0.25, 0.3) is 10.9 Å². The number of nitrogens with one attached hydrogen (secondary N) is 1. The fourth-order valence-corrected chi connectivity index (χ4v) is 3.88. The van der Waals surface area contributed by atoms with E-state index in [1.54, 1.807) is 24.3 Å². The predicted octanol–water partition coefficient (Wildman–Crippen LogP) is 2.95. The van der Waals surface area contributed by atoms with Crippen molar-refractivity contribution >= 4 is 16.8 Å². The number of hydrogen-bond donors (Lipinski definition) is 1. The number of rotatable bonds is 4. The Bertz CT molecular complexity index is 1260. The lowest BCUT2D eigenvalue weighted by atomic mass is 10.0. The minimum absolute atomic E-state index is 0.0442. The number of piperidine rings is 1. The van der Waals surface area contributed by atoms with E-state index in [0.29, 0.717) is 36.8 Å². The summed E-state index contributed by atoms with van der Waals surface area (Å²) in [5.41, 5.74) is -1.25. The van der Waals surface area contributed by atoms with E-state index in [4.69, 9.17) is 4.74 Å². The van der Waals surface area contributed by atoms with E-state index < -0.39 is 24.0 Å². The topological polar surface area (TPSA) is 84.4 Å². The first-order valence-corrected chi connectivity index (χ1v) is 10.1. The summed E-state index contributed by atoms with van der Waals surface area (Å²) in [6.45, 7) is 0.199. The lowest BCUT2D eigenvalue weighted by Crippen LogP contribution is -2.46. The molecular weight excluding hydrogens is 427 g/mol. The molecule has 1 N–H and O–H groups in total. The number of carbonyl (C=O) groups is 1. The van der Waals surface area contributed by atoms with E-state index in [0.717, 1.165) is 12.1 Å². The molecule has 32 heavy (non-hydrogen) atoms. The second-order valence-corrected chi connectivity index (χ2v) is 7.58. The largest absolute Gasteiger partial charge is 0.484 e. The molecule has 1 amide bonds. The van der Waals surface area contributed by atoms with Gasteiger partial charge in [0.2, 0.25) is 0 Å². The maximum absolute atomic E-state index is 12.8. The minimum atomic E-state index is -4.50. The predicted molar refractivity (Wildman–Crippen MR) is 111 cm³/mol. The zero-order valence-corrected chi connectivity index (χ0v) is 16.9. The molecule has 0 saturated carbocycles. The molecule has 1 saturated heterocycles. The Morgan fingerprint density at radius 2 is 1.78 bits per heavy atom. The number of halogens is 3. The molecule has 10 heteroatoms. The Balaban J connectivity index is 1.39. The number of carbonyl (C=O) groups excluding carboxylic acids is 1. The molecule has 0 spiro atoms. The van der Waals surface area contributed by atoms with Gasteiger partial charge in [-0.3, -0.25) is 14.2 Å². The van der Waals surface area contributed by atoms with Crippen LogP contribution in [0.5, 0.6) is 5.75 Å². The first-order chi connectivity index (χ1) is 15.2. The molecule has 4 rings (SSSR count). The van der Waals surface area contributed by atoms with Crippen molar-refractivity contribution in [2.75, 3.05) is 19.7 Å². The third-order valence-electron chi connectivity index (χ3n) is 5.54. The van der Waals surface area contributed by atoms with Crippen molar-refractivity contribution in [1.82, 2.24) is 14.5 Å². The molecule has 3 aromatic rings. The summed E-state index contributed by atoms with van der Waals surface area (Å²) >= 11 is 0. The van der Waals surface area contributed by atoms with E-state index >= 15 is 0 Å². The Morgan fingerprint density at radius 1 is 1.06 bits per heavy atom. The lowest BCUT2D eigenvalue weighted by molar-refractivity contribution is -0.137. The molecule has 1 aliphatic heterocycles. The van der Waals surface area contributed by atoms with Crippen molar-refractivity contribution in [1.29, 1.82) is 0 Å². The molecule has 1 aromatic heterocycles. The van der Waals surface area contributed by atoms with Crippen molar-refractivity contribution in [3.8, 4) is 5.75 Å². The van der Waals surface area contributed by atoms with Crippen LogP contribution in [0.4, 0.5) is 13.2 Å². The Kier molecular flexibility index (Phi) is 5.77. The van der Waals surface area contributed by atoms with Crippen LogP contribution >= 0.6 is 0 Å². The summed E-state index contributed by atoms with van der Waals surface area (Å²) in [6, 6.07) is 10.7. The molecule has 1 aliphatic rings. The quantitative estimate of drug-likeness (QED) is 0.667. The van der Waals surface area contributed by atoms with Gasteiger partial charge in [-0.05, 0) is 43.2 Å². The van der Waals surface area contributed by atoms with Crippen molar-refractivity contribution in [2.24, 2.45) is 0 Å². The molecule has 0 bridgehead atoms. The Hall–Kier alpha value is -3.56. The highest BCUT2D eigenvalue weighted by Gasteiger charge is 2.31. The van der Waals surface area contributed by atoms with Gasteiger partial charge in [0.15, 0.2) is 6.61 Å². The highest BCUT2D eigenvalue weighted by molar-refractivity contribution is 5.78. The van der Waals surface area contributed by atoms with Crippen LogP contribution in [0.2, 0.25) is 0 Å². The number of aromatic amines is 1. The van der Waals surface area contributed by atoms with Crippen molar-refractivity contribution < 1.29 is 22.7 Å². The molecule has 2 heterocycles. The van der Waals surface area contributed by atoms with Crippen molar-refractivity contribution in [3.63, 3.8) is 0 Å². The van der Waals surface area contributed by atoms with Crippen molar-refractivity contribution in [2.45, 2.75) is 25.1 Å². The highest BCUT2D eigenvalue weighted by Crippen LogP contribution is 2.31. The van der Waals surface area contributed by atoms with Gasteiger partial charge in [0.05, 0.1) is 16.5 Å². The number of fused-ring (bicyclic) bond motifs is 1. The highest BCUT2D eigenvalue weighted by atomic mass is 19.4. The summed E-state index contributed by atoms with van der Waals surface area (Å²) in [6.07, 6.45) is -3.70. The third-order valence-corrected chi connectivity index (χ3v) is 5.54. The number of alkyl halides is 3. The van der Waals surface area contributed by atoms with Gasteiger partial charge in [-0.15, -0.1) is 0 Å². The van der Waals surface area contributed by atoms with Crippen LogP contribution in [0.3, 0.4) is 0 Å². The number of H-pyrrole nitrogens is 1. The van der Waals surface area contributed by atoms with Crippen molar-refractivity contribution in [3.05, 3.63) is 74.9 Å². The monoisotopic (exact) mass is 447 g/mol. The summed E-state index contributed by atoms with van der Waals surface area (Å²) in [5, 5.41) is 0.417. The van der Waals surface area contributed by atoms with E-state index in [1.807, 2.05) is 0 Å². The third kappa shape index (κ3) is 4.39. The van der Waals surface area contributed by atoms with Crippen LogP contribution in [-0.2, 0) is 11.0 Å². The number of hydrogen-bond acceptors (Lipinski definition) is 4. The van der Waals surface area contributed by atoms with Crippen LogP contribution in [0.1, 0.15) is 24.4 Å². The van der Waals surface area contributed by atoms with Gasteiger partial charge >= 0.3 is 11.9 Å². The maximum Gasteiger partial charge on any atom is 0.416 e. The second kappa shape index (κ2) is 8.52. The van der Waals surface area contributed by atoms with E-state index in [-0.39, 0.29) is 23.3 Å². The molecule has 0 unspecified atom stereocenters. The van der Waals surface area contributed by atoms with Gasteiger partial charge < -0.3 is 14.6 Å². The molecule has 2 aromatic carbocycles. The molecular formula is C22H20F3N3O4. The first-order valence-electron chi connectivity index (χ1n) is 10.1. The summed E-state index contributed by atoms with van der Waals surface area (Å²) in [5.74, 6) is -0.419. The average Bonchev–Trinajstić information content (AvgIpc) is 2.77. The lowest BCUT2D eigenvalue weighted by Gasteiger charge is -2.32.